The maximum Gasteiger partial charge on any atom is 0.411 e. The molecule has 2 aromatic rings. The second kappa shape index (κ2) is 5.37. The molecule has 6 nitrogen and oxygen atoms in total. The van der Waals surface area contributed by atoms with E-state index in [1.54, 1.807) is 24.3 Å². The molecular weight excluding hydrogens is 334 g/mol. The maximum absolute atomic E-state index is 12.0. The third-order valence-electron chi connectivity index (χ3n) is 4.23. The molecule has 2 unspecified atom stereocenters. The summed E-state index contributed by atoms with van der Waals surface area (Å²) in [6, 6.07) is 14.2. The first-order valence-electron chi connectivity index (χ1n) is 7.37. The molecule has 0 aromatic heterocycles. The lowest BCUT2D eigenvalue weighted by atomic mass is 9.88. The second-order valence-corrected chi connectivity index (χ2v) is 6.20. The van der Waals surface area contributed by atoms with Crippen molar-refractivity contribution in [3.8, 4) is 5.75 Å². The zero-order valence-electron chi connectivity index (χ0n) is 12.7. The number of fused-ring (bicyclic) bond motifs is 3. The molecule has 2 aliphatic rings. The van der Waals surface area contributed by atoms with Crippen molar-refractivity contribution in [1.29, 1.82) is 0 Å². The topological polar surface area (TPSA) is 66.0 Å². The first kappa shape index (κ1) is 15.3. The van der Waals surface area contributed by atoms with Crippen LogP contribution in [-0.4, -0.2) is 18.5 Å². The van der Waals surface area contributed by atoms with Crippen molar-refractivity contribution in [3.63, 3.8) is 0 Å². The molecule has 1 saturated heterocycles. The zero-order chi connectivity index (χ0) is 16.8. The van der Waals surface area contributed by atoms with Gasteiger partial charge in [-0.05, 0) is 37.3 Å². The fourth-order valence-corrected chi connectivity index (χ4v) is 2.92. The van der Waals surface area contributed by atoms with Crippen molar-refractivity contribution in [2.75, 3.05) is 11.9 Å². The number of amides is 1. The Labute approximate surface area is 143 Å². The molecule has 2 aliphatic heterocycles. The fourth-order valence-electron chi connectivity index (χ4n) is 2.79. The first-order chi connectivity index (χ1) is 11.5. The summed E-state index contributed by atoms with van der Waals surface area (Å²) < 4.78 is 11.1. The van der Waals surface area contributed by atoms with Gasteiger partial charge < -0.3 is 9.47 Å². The number of carbonyl (C=O) groups is 1. The van der Waals surface area contributed by atoms with Gasteiger partial charge in [-0.25, -0.2) is 9.68 Å². The Morgan fingerprint density at radius 1 is 1.17 bits per heavy atom. The fraction of sp³-hybridized carbons (Fsp3) is 0.235. The minimum Gasteiger partial charge on any atom is -0.453 e. The Morgan fingerprint density at radius 2 is 1.92 bits per heavy atom. The number of halogens is 1. The van der Waals surface area contributed by atoms with E-state index in [2.05, 4.69) is 5.32 Å². The first-order valence-corrected chi connectivity index (χ1v) is 7.75. The molecule has 0 spiro atoms. The summed E-state index contributed by atoms with van der Waals surface area (Å²) in [4.78, 5) is 22.5. The van der Waals surface area contributed by atoms with Crippen LogP contribution >= 0.6 is 11.6 Å². The summed E-state index contributed by atoms with van der Waals surface area (Å²) in [5.41, 5.74) is 0.619. The Balaban J connectivity index is 1.43. The van der Waals surface area contributed by atoms with E-state index in [0.717, 1.165) is 5.56 Å². The van der Waals surface area contributed by atoms with Gasteiger partial charge in [0.25, 0.3) is 0 Å². The van der Waals surface area contributed by atoms with Crippen LogP contribution in [0.3, 0.4) is 0 Å². The highest BCUT2D eigenvalue weighted by Gasteiger charge is 2.70. The van der Waals surface area contributed by atoms with Gasteiger partial charge in [0, 0.05) is 16.3 Å². The predicted octanol–water partition coefficient (Wildman–Crippen LogP) is 3.85. The van der Waals surface area contributed by atoms with E-state index in [1.807, 2.05) is 31.2 Å². The number of carbonyl (C=O) groups excluding carboxylic acids is 1. The van der Waals surface area contributed by atoms with Crippen LogP contribution in [0, 0.1) is 0 Å². The Bertz CT molecular complexity index is 796. The van der Waals surface area contributed by atoms with Gasteiger partial charge in [0.1, 0.15) is 5.75 Å². The van der Waals surface area contributed by atoms with Crippen molar-refractivity contribution in [2.24, 2.45) is 0 Å². The van der Waals surface area contributed by atoms with Crippen LogP contribution in [0.15, 0.2) is 48.5 Å². The molecule has 2 heterocycles. The Hall–Kier alpha value is -2.28. The second-order valence-electron chi connectivity index (χ2n) is 5.76. The van der Waals surface area contributed by atoms with Crippen LogP contribution in [0.5, 0.6) is 5.75 Å². The molecule has 1 N–H and O–H groups in total. The lowest BCUT2D eigenvalue weighted by Gasteiger charge is -2.47. The van der Waals surface area contributed by atoms with Gasteiger partial charge >= 0.3 is 11.9 Å². The van der Waals surface area contributed by atoms with Gasteiger partial charge in [0.2, 0.25) is 5.60 Å². The molecule has 1 amide bonds. The van der Waals surface area contributed by atoms with E-state index in [4.69, 9.17) is 30.8 Å². The minimum absolute atomic E-state index is 0.113. The van der Waals surface area contributed by atoms with E-state index in [0.29, 0.717) is 16.5 Å². The van der Waals surface area contributed by atoms with Gasteiger partial charge in [-0.15, -0.1) is 0 Å². The number of benzene rings is 2. The summed E-state index contributed by atoms with van der Waals surface area (Å²) in [6.45, 7) is 1.72. The summed E-state index contributed by atoms with van der Waals surface area (Å²) in [5.74, 6) is -0.521. The normalized spacial score (nSPS) is 26.6. The summed E-state index contributed by atoms with van der Waals surface area (Å²) in [6.07, 6.45) is -0.621. The van der Waals surface area contributed by atoms with Crippen LogP contribution in [0.4, 0.5) is 10.5 Å². The highest BCUT2D eigenvalue weighted by atomic mass is 35.5. The number of hydrogen-bond acceptors (Lipinski definition) is 5. The Kier molecular flexibility index (Phi) is 3.42. The number of anilines is 1. The van der Waals surface area contributed by atoms with Gasteiger partial charge in [0.05, 0.1) is 0 Å². The molecule has 24 heavy (non-hydrogen) atoms. The molecule has 2 atom stereocenters. The molecular formula is C17H14ClNO5. The molecule has 0 saturated carbocycles. The van der Waals surface area contributed by atoms with Crippen molar-refractivity contribution in [3.05, 3.63) is 59.1 Å². The Morgan fingerprint density at radius 3 is 2.62 bits per heavy atom. The number of rotatable bonds is 3. The lowest BCUT2D eigenvalue weighted by molar-refractivity contribution is -0.595. The molecule has 1 fully saturated rings. The largest absolute Gasteiger partial charge is 0.453 e. The average molecular weight is 348 g/mol. The predicted molar refractivity (Wildman–Crippen MR) is 85.7 cm³/mol. The van der Waals surface area contributed by atoms with Crippen LogP contribution < -0.4 is 10.1 Å². The van der Waals surface area contributed by atoms with E-state index >= 15 is 0 Å². The molecule has 4 rings (SSSR count). The highest BCUT2D eigenvalue weighted by Crippen LogP contribution is 2.57. The van der Waals surface area contributed by atoms with Crippen LogP contribution in [0.1, 0.15) is 12.5 Å². The molecule has 2 aromatic carbocycles. The average Bonchev–Trinajstić information content (AvgIpc) is 2.74. The number of para-hydroxylation sites is 1. The van der Waals surface area contributed by atoms with Crippen molar-refractivity contribution in [2.45, 2.75) is 18.3 Å². The smallest absolute Gasteiger partial charge is 0.411 e. The quantitative estimate of drug-likeness (QED) is 0.854. The highest BCUT2D eigenvalue weighted by molar-refractivity contribution is 6.30. The SMILES string of the molecule is CC12OOC1(COC(=O)Nc1ccc(Cl)cc1)Oc1ccccc12. The van der Waals surface area contributed by atoms with Crippen molar-refractivity contribution in [1.82, 2.24) is 0 Å². The van der Waals surface area contributed by atoms with Crippen LogP contribution in [0.2, 0.25) is 5.02 Å². The monoisotopic (exact) mass is 347 g/mol. The molecule has 0 bridgehead atoms. The van der Waals surface area contributed by atoms with Gasteiger partial charge in [-0.3, -0.25) is 5.32 Å². The summed E-state index contributed by atoms with van der Waals surface area (Å²) in [7, 11) is 0. The summed E-state index contributed by atoms with van der Waals surface area (Å²) >= 11 is 5.81. The van der Waals surface area contributed by atoms with E-state index in [-0.39, 0.29) is 6.61 Å². The standard InChI is InChI=1S/C17H14ClNO5/c1-16-13-4-2-3-5-14(13)22-17(16,24-23-16)10-21-15(20)19-12-8-6-11(18)7-9-12/h2-9H,10H2,1H3,(H,19,20). The third kappa shape index (κ3) is 2.23. The molecule has 0 aliphatic carbocycles. The lowest BCUT2D eigenvalue weighted by Crippen LogP contribution is -2.65. The van der Waals surface area contributed by atoms with Gasteiger partial charge in [0.15, 0.2) is 6.61 Å². The van der Waals surface area contributed by atoms with Crippen molar-refractivity contribution < 1.29 is 24.0 Å². The number of hydrogen-bond donors (Lipinski definition) is 1. The minimum atomic E-state index is -1.17. The van der Waals surface area contributed by atoms with Crippen molar-refractivity contribution >= 4 is 23.4 Å². The number of nitrogens with one attached hydrogen (secondary N) is 1. The molecule has 7 heteroatoms. The zero-order valence-corrected chi connectivity index (χ0v) is 13.5. The maximum atomic E-state index is 12.0. The van der Waals surface area contributed by atoms with E-state index in [9.17, 15) is 4.79 Å². The van der Waals surface area contributed by atoms with Gasteiger partial charge in [-0.2, -0.15) is 4.89 Å². The van der Waals surface area contributed by atoms with Crippen LogP contribution in [0.25, 0.3) is 0 Å². The molecule has 0 radical (unpaired) electrons. The van der Waals surface area contributed by atoms with E-state index < -0.39 is 17.5 Å². The van der Waals surface area contributed by atoms with E-state index in [1.165, 1.54) is 0 Å². The molecule has 124 valence electrons. The summed E-state index contributed by atoms with van der Waals surface area (Å²) in [5, 5.41) is 3.20. The van der Waals surface area contributed by atoms with Gasteiger partial charge in [-0.1, -0.05) is 29.8 Å². The van der Waals surface area contributed by atoms with Crippen LogP contribution in [-0.2, 0) is 20.1 Å². The number of ether oxygens (including phenoxy) is 2. The third-order valence-corrected chi connectivity index (χ3v) is 4.48.